The maximum Gasteiger partial charge on any atom is 0.256 e. The summed E-state index contributed by atoms with van der Waals surface area (Å²) in [5.74, 6) is 3.62. The first-order valence-electron chi connectivity index (χ1n) is 12.8. The standard InChI is InChI=1S/C29H31N5O6/c1-36-21-10-7-19(8-11-21)28(35)31-25-12-9-20(16-30-25)27-32-29(40-33-27)22-6-5-13-34(22)17-18-14-23(37-2)26(39-4)24(15-18)38-3/h7-12,14-16,22H,5-6,13,17H2,1-4H3,(H,30,31,35)/t22-/m0/s1. The van der Waals surface area contributed by atoms with Gasteiger partial charge in [0.25, 0.3) is 5.91 Å². The highest BCUT2D eigenvalue weighted by Crippen LogP contribution is 2.40. The number of hydrogen-bond donors (Lipinski definition) is 1. The monoisotopic (exact) mass is 545 g/mol. The van der Waals surface area contributed by atoms with E-state index in [1.807, 2.05) is 12.1 Å². The smallest absolute Gasteiger partial charge is 0.256 e. The van der Waals surface area contributed by atoms with Gasteiger partial charge in [-0.25, -0.2) is 4.98 Å². The molecule has 0 unspecified atom stereocenters. The molecule has 2 aromatic carbocycles. The number of methoxy groups -OCH3 is 4. The normalized spacial score (nSPS) is 15.1. The molecule has 11 heteroatoms. The maximum absolute atomic E-state index is 12.5. The average molecular weight is 546 g/mol. The number of likely N-dealkylation sites (tertiary alicyclic amines) is 1. The predicted molar refractivity (Wildman–Crippen MR) is 147 cm³/mol. The molecule has 3 heterocycles. The molecule has 208 valence electrons. The SMILES string of the molecule is COc1ccc(C(=O)Nc2ccc(-c3noc([C@@H]4CCCN4Cc4cc(OC)c(OC)c(OC)c4)n3)cn2)cc1. The van der Waals surface area contributed by atoms with Crippen molar-refractivity contribution in [3.63, 3.8) is 0 Å². The largest absolute Gasteiger partial charge is 0.497 e. The Hall–Kier alpha value is -4.64. The zero-order chi connectivity index (χ0) is 28.1. The van der Waals surface area contributed by atoms with Crippen molar-refractivity contribution in [3.05, 3.63) is 71.7 Å². The molecule has 0 bridgehead atoms. The molecule has 2 aromatic heterocycles. The zero-order valence-electron chi connectivity index (χ0n) is 22.8. The first-order valence-corrected chi connectivity index (χ1v) is 12.8. The van der Waals surface area contributed by atoms with Crippen LogP contribution in [-0.4, -0.2) is 60.9 Å². The third-order valence-electron chi connectivity index (χ3n) is 6.82. The Bertz CT molecular complexity index is 1430. The van der Waals surface area contributed by atoms with Gasteiger partial charge in [0.1, 0.15) is 11.6 Å². The molecule has 1 aliphatic heterocycles. The van der Waals surface area contributed by atoms with Gasteiger partial charge in [0, 0.05) is 23.9 Å². The summed E-state index contributed by atoms with van der Waals surface area (Å²) in [6, 6.07) is 14.2. The van der Waals surface area contributed by atoms with Gasteiger partial charge in [0.15, 0.2) is 11.5 Å². The van der Waals surface area contributed by atoms with Crippen molar-refractivity contribution >= 4 is 11.7 Å². The minimum Gasteiger partial charge on any atom is -0.497 e. The number of anilines is 1. The van der Waals surface area contributed by atoms with E-state index in [9.17, 15) is 4.79 Å². The number of benzene rings is 2. The van der Waals surface area contributed by atoms with Crippen LogP contribution < -0.4 is 24.3 Å². The molecule has 0 radical (unpaired) electrons. The lowest BCUT2D eigenvalue weighted by Crippen LogP contribution is -2.23. The lowest BCUT2D eigenvalue weighted by molar-refractivity contribution is 0.102. The molecule has 0 aliphatic carbocycles. The molecule has 1 amide bonds. The van der Waals surface area contributed by atoms with Crippen molar-refractivity contribution in [2.45, 2.75) is 25.4 Å². The molecular formula is C29H31N5O6. The number of rotatable bonds is 10. The summed E-state index contributed by atoms with van der Waals surface area (Å²) in [7, 11) is 6.38. The van der Waals surface area contributed by atoms with Gasteiger partial charge in [-0.05, 0) is 73.5 Å². The fraction of sp³-hybridized carbons (Fsp3) is 0.310. The summed E-state index contributed by atoms with van der Waals surface area (Å²) >= 11 is 0. The number of amides is 1. The van der Waals surface area contributed by atoms with Crippen LogP contribution in [0.3, 0.4) is 0 Å². The molecule has 0 spiro atoms. The fourth-order valence-electron chi connectivity index (χ4n) is 4.77. The van der Waals surface area contributed by atoms with Crippen LogP contribution in [0.5, 0.6) is 23.0 Å². The van der Waals surface area contributed by atoms with Crippen LogP contribution in [0.15, 0.2) is 59.3 Å². The van der Waals surface area contributed by atoms with Crippen molar-refractivity contribution in [3.8, 4) is 34.4 Å². The molecule has 11 nitrogen and oxygen atoms in total. The summed E-state index contributed by atoms with van der Waals surface area (Å²) in [4.78, 5) is 23.9. The highest BCUT2D eigenvalue weighted by molar-refractivity contribution is 6.03. The van der Waals surface area contributed by atoms with Gasteiger partial charge in [-0.2, -0.15) is 4.98 Å². The molecule has 1 aliphatic rings. The van der Waals surface area contributed by atoms with E-state index in [2.05, 4.69) is 25.3 Å². The van der Waals surface area contributed by atoms with E-state index in [-0.39, 0.29) is 11.9 Å². The minimum atomic E-state index is -0.266. The van der Waals surface area contributed by atoms with Gasteiger partial charge in [0.2, 0.25) is 17.5 Å². The number of aromatic nitrogens is 3. The number of nitrogens with zero attached hydrogens (tertiary/aromatic N) is 4. The molecule has 0 saturated carbocycles. The van der Waals surface area contributed by atoms with Crippen molar-refractivity contribution in [1.82, 2.24) is 20.0 Å². The van der Waals surface area contributed by atoms with E-state index in [1.54, 1.807) is 71.0 Å². The Kier molecular flexibility index (Phi) is 8.11. The Morgan fingerprint density at radius 2 is 1.75 bits per heavy atom. The van der Waals surface area contributed by atoms with Crippen LogP contribution in [0.1, 0.15) is 40.7 Å². The Morgan fingerprint density at radius 1 is 1.00 bits per heavy atom. The van der Waals surface area contributed by atoms with Crippen molar-refractivity contribution in [2.24, 2.45) is 0 Å². The fourth-order valence-corrected chi connectivity index (χ4v) is 4.77. The third-order valence-corrected chi connectivity index (χ3v) is 6.82. The summed E-state index contributed by atoms with van der Waals surface area (Å²) in [5, 5.41) is 6.99. The number of carbonyl (C=O) groups excluding carboxylic acids is 1. The van der Waals surface area contributed by atoms with Crippen molar-refractivity contribution < 1.29 is 28.3 Å². The number of hydrogen-bond acceptors (Lipinski definition) is 10. The van der Waals surface area contributed by atoms with Crippen molar-refractivity contribution in [1.29, 1.82) is 0 Å². The molecule has 1 N–H and O–H groups in total. The molecule has 5 rings (SSSR count). The van der Waals surface area contributed by atoms with E-state index in [1.165, 1.54) is 0 Å². The number of pyridine rings is 1. The lowest BCUT2D eigenvalue weighted by atomic mass is 10.1. The predicted octanol–water partition coefficient (Wildman–Crippen LogP) is 4.76. The van der Waals surface area contributed by atoms with E-state index in [4.69, 9.17) is 23.5 Å². The van der Waals surface area contributed by atoms with E-state index < -0.39 is 0 Å². The Labute approximate surface area is 232 Å². The minimum absolute atomic E-state index is 0.0173. The Balaban J connectivity index is 1.26. The quantitative estimate of drug-likeness (QED) is 0.299. The summed E-state index contributed by atoms with van der Waals surface area (Å²) in [6.07, 6.45) is 3.53. The highest BCUT2D eigenvalue weighted by Gasteiger charge is 2.31. The molecule has 40 heavy (non-hydrogen) atoms. The number of carbonyl (C=O) groups is 1. The van der Waals surface area contributed by atoms with Gasteiger partial charge < -0.3 is 28.8 Å². The topological polar surface area (TPSA) is 121 Å². The van der Waals surface area contributed by atoms with E-state index >= 15 is 0 Å². The van der Waals surface area contributed by atoms with E-state index in [0.29, 0.717) is 58.2 Å². The molecule has 1 fully saturated rings. The second-order valence-electron chi connectivity index (χ2n) is 9.23. The number of nitrogens with one attached hydrogen (secondary N) is 1. The van der Waals surface area contributed by atoms with Crippen molar-refractivity contribution in [2.75, 3.05) is 40.3 Å². The van der Waals surface area contributed by atoms with Crippen LogP contribution in [0.4, 0.5) is 5.82 Å². The Morgan fingerprint density at radius 3 is 2.38 bits per heavy atom. The summed E-state index contributed by atoms with van der Waals surface area (Å²) in [6.45, 7) is 1.55. The van der Waals surface area contributed by atoms with Gasteiger partial charge in [-0.15, -0.1) is 0 Å². The van der Waals surface area contributed by atoms with Crippen LogP contribution in [0.2, 0.25) is 0 Å². The highest BCUT2D eigenvalue weighted by atomic mass is 16.5. The summed E-state index contributed by atoms with van der Waals surface area (Å²) < 4.78 is 27.3. The maximum atomic E-state index is 12.5. The van der Waals surface area contributed by atoms with Crippen LogP contribution in [-0.2, 0) is 6.54 Å². The van der Waals surface area contributed by atoms with E-state index in [0.717, 1.165) is 24.9 Å². The van der Waals surface area contributed by atoms with Gasteiger partial charge in [0.05, 0.1) is 34.5 Å². The van der Waals surface area contributed by atoms with Crippen LogP contribution >= 0.6 is 0 Å². The van der Waals surface area contributed by atoms with Crippen LogP contribution in [0, 0.1) is 0 Å². The second-order valence-corrected chi connectivity index (χ2v) is 9.23. The molecule has 1 atom stereocenters. The average Bonchev–Trinajstić information content (AvgIpc) is 3.67. The molecule has 4 aromatic rings. The first-order chi connectivity index (χ1) is 19.5. The molecule has 1 saturated heterocycles. The van der Waals surface area contributed by atoms with Gasteiger partial charge in [-0.3, -0.25) is 9.69 Å². The third kappa shape index (κ3) is 5.69. The molecular weight excluding hydrogens is 514 g/mol. The van der Waals surface area contributed by atoms with Gasteiger partial charge in [-0.1, -0.05) is 5.16 Å². The zero-order valence-corrected chi connectivity index (χ0v) is 22.8. The number of ether oxygens (including phenoxy) is 4. The summed E-state index contributed by atoms with van der Waals surface area (Å²) in [5.41, 5.74) is 2.21. The van der Waals surface area contributed by atoms with Gasteiger partial charge >= 0.3 is 0 Å². The first kappa shape index (κ1) is 26.9. The second kappa shape index (κ2) is 12.0. The lowest BCUT2D eigenvalue weighted by Gasteiger charge is -2.22. The van der Waals surface area contributed by atoms with Crippen LogP contribution in [0.25, 0.3) is 11.4 Å².